The Balaban J connectivity index is 2.30. The second kappa shape index (κ2) is 8.48. The molecule has 0 bridgehead atoms. The van der Waals surface area contributed by atoms with Crippen LogP contribution in [0.1, 0.15) is 40.0 Å². The Morgan fingerprint density at radius 3 is 2.61 bits per heavy atom. The third-order valence-electron chi connectivity index (χ3n) is 3.59. The van der Waals surface area contributed by atoms with Crippen LogP contribution in [0.5, 0.6) is 0 Å². The van der Waals surface area contributed by atoms with Crippen molar-refractivity contribution in [2.45, 2.75) is 46.1 Å². The van der Waals surface area contributed by atoms with Gasteiger partial charge in [-0.1, -0.05) is 13.8 Å². The summed E-state index contributed by atoms with van der Waals surface area (Å²) >= 11 is 0. The van der Waals surface area contributed by atoms with Crippen molar-refractivity contribution < 1.29 is 9.53 Å². The molecule has 4 nitrogen and oxygen atoms in total. The van der Waals surface area contributed by atoms with Gasteiger partial charge in [0, 0.05) is 13.0 Å². The molecule has 0 aromatic rings. The van der Waals surface area contributed by atoms with Gasteiger partial charge in [0.25, 0.3) is 0 Å². The van der Waals surface area contributed by atoms with Gasteiger partial charge in [-0.05, 0) is 44.7 Å². The van der Waals surface area contributed by atoms with E-state index >= 15 is 0 Å². The second-order valence-corrected chi connectivity index (χ2v) is 5.47. The first-order chi connectivity index (χ1) is 8.63. The number of hydrogen-bond donors (Lipinski definition) is 2. The van der Waals surface area contributed by atoms with E-state index < -0.39 is 0 Å². The zero-order chi connectivity index (χ0) is 13.4. The number of ether oxygens (including phenoxy) is 1. The van der Waals surface area contributed by atoms with Crippen LogP contribution in [0.2, 0.25) is 0 Å². The van der Waals surface area contributed by atoms with E-state index in [9.17, 15) is 4.79 Å². The van der Waals surface area contributed by atoms with E-state index in [4.69, 9.17) is 4.74 Å². The number of carbonyl (C=O) groups is 1. The zero-order valence-electron chi connectivity index (χ0n) is 12.0. The van der Waals surface area contributed by atoms with Crippen LogP contribution < -0.4 is 10.6 Å². The Morgan fingerprint density at radius 2 is 2.06 bits per heavy atom. The molecule has 0 saturated carbocycles. The Hall–Kier alpha value is -0.610. The van der Waals surface area contributed by atoms with Crippen molar-refractivity contribution in [3.05, 3.63) is 0 Å². The van der Waals surface area contributed by atoms with Crippen LogP contribution in [-0.4, -0.2) is 38.3 Å². The molecule has 106 valence electrons. The smallest absolute Gasteiger partial charge is 0.220 e. The van der Waals surface area contributed by atoms with Crippen LogP contribution in [-0.2, 0) is 9.53 Å². The van der Waals surface area contributed by atoms with Crippen LogP contribution >= 0.6 is 0 Å². The van der Waals surface area contributed by atoms with Crippen LogP contribution in [0.15, 0.2) is 0 Å². The quantitative estimate of drug-likeness (QED) is 0.726. The molecule has 1 atom stereocenters. The van der Waals surface area contributed by atoms with Crippen molar-refractivity contribution in [2.24, 2.45) is 11.8 Å². The van der Waals surface area contributed by atoms with Crippen molar-refractivity contribution in [1.82, 2.24) is 10.6 Å². The largest absolute Gasteiger partial charge is 0.380 e. The van der Waals surface area contributed by atoms with Gasteiger partial charge in [0.1, 0.15) is 0 Å². The van der Waals surface area contributed by atoms with E-state index in [2.05, 4.69) is 24.5 Å². The van der Waals surface area contributed by atoms with Crippen molar-refractivity contribution in [2.75, 3.05) is 26.3 Å². The molecule has 1 fully saturated rings. The number of amides is 1. The number of hydrogen-bond acceptors (Lipinski definition) is 3. The molecule has 1 aliphatic heterocycles. The van der Waals surface area contributed by atoms with Crippen molar-refractivity contribution >= 4 is 5.91 Å². The third-order valence-corrected chi connectivity index (χ3v) is 3.59. The summed E-state index contributed by atoms with van der Waals surface area (Å²) in [4.78, 5) is 12.0. The first kappa shape index (κ1) is 15.4. The highest BCUT2D eigenvalue weighted by atomic mass is 16.5. The highest BCUT2D eigenvalue weighted by Crippen LogP contribution is 2.16. The monoisotopic (exact) mass is 256 g/mol. The van der Waals surface area contributed by atoms with Crippen LogP contribution in [0.3, 0.4) is 0 Å². The van der Waals surface area contributed by atoms with Gasteiger partial charge in [-0.25, -0.2) is 0 Å². The van der Waals surface area contributed by atoms with Gasteiger partial charge in [-0.2, -0.15) is 0 Å². The molecule has 1 aliphatic rings. The van der Waals surface area contributed by atoms with E-state index in [-0.39, 0.29) is 11.9 Å². The lowest BCUT2D eigenvalue weighted by Gasteiger charge is -2.25. The molecule has 18 heavy (non-hydrogen) atoms. The van der Waals surface area contributed by atoms with E-state index in [1.165, 1.54) is 0 Å². The lowest BCUT2D eigenvalue weighted by molar-refractivity contribution is -0.123. The van der Waals surface area contributed by atoms with Crippen LogP contribution in [0, 0.1) is 11.8 Å². The zero-order valence-corrected chi connectivity index (χ0v) is 12.0. The summed E-state index contributed by atoms with van der Waals surface area (Å²) in [5, 5.41) is 6.44. The molecule has 0 aliphatic carbocycles. The highest BCUT2D eigenvalue weighted by Gasteiger charge is 2.20. The summed E-state index contributed by atoms with van der Waals surface area (Å²) in [5.74, 6) is 1.14. The van der Waals surface area contributed by atoms with E-state index in [1.807, 2.05) is 6.92 Å². The maximum atomic E-state index is 12.0. The van der Waals surface area contributed by atoms with Gasteiger partial charge in [0.05, 0.1) is 12.6 Å². The molecule has 1 amide bonds. The molecule has 0 aromatic carbocycles. The predicted molar refractivity (Wildman–Crippen MR) is 73.5 cm³/mol. The number of piperidine rings is 1. The van der Waals surface area contributed by atoms with E-state index in [0.29, 0.717) is 31.5 Å². The summed E-state index contributed by atoms with van der Waals surface area (Å²) in [5.41, 5.74) is 0. The third kappa shape index (κ3) is 5.83. The van der Waals surface area contributed by atoms with Gasteiger partial charge in [-0.15, -0.1) is 0 Å². The number of nitrogens with one attached hydrogen (secondary N) is 2. The molecule has 1 rings (SSSR count). The average Bonchev–Trinajstić information content (AvgIpc) is 2.35. The molecule has 0 aromatic heterocycles. The fourth-order valence-electron chi connectivity index (χ4n) is 2.26. The summed E-state index contributed by atoms with van der Waals surface area (Å²) in [6.45, 7) is 9.63. The van der Waals surface area contributed by atoms with Crippen LogP contribution in [0.25, 0.3) is 0 Å². The minimum atomic E-state index is 0.138. The fraction of sp³-hybridized carbons (Fsp3) is 0.929. The van der Waals surface area contributed by atoms with Crippen molar-refractivity contribution in [1.29, 1.82) is 0 Å². The Morgan fingerprint density at radius 1 is 1.39 bits per heavy atom. The Kier molecular flexibility index (Phi) is 7.28. The van der Waals surface area contributed by atoms with Gasteiger partial charge in [0.15, 0.2) is 0 Å². The second-order valence-electron chi connectivity index (χ2n) is 5.47. The van der Waals surface area contributed by atoms with Crippen molar-refractivity contribution in [3.63, 3.8) is 0 Å². The molecule has 2 N–H and O–H groups in total. The minimum absolute atomic E-state index is 0.138. The van der Waals surface area contributed by atoms with Gasteiger partial charge in [0.2, 0.25) is 5.91 Å². The normalized spacial score (nSPS) is 18.9. The molecular formula is C14H28N2O2. The van der Waals surface area contributed by atoms with Gasteiger partial charge >= 0.3 is 0 Å². The van der Waals surface area contributed by atoms with Gasteiger partial charge < -0.3 is 15.4 Å². The lowest BCUT2D eigenvalue weighted by atomic mass is 9.94. The summed E-state index contributed by atoms with van der Waals surface area (Å²) < 4.78 is 5.42. The SMILES string of the molecule is CCOCC(NC(=O)CC1CCNCC1)C(C)C. The Bertz CT molecular complexity index is 238. The summed E-state index contributed by atoms with van der Waals surface area (Å²) in [6.07, 6.45) is 2.90. The first-order valence-corrected chi connectivity index (χ1v) is 7.21. The topological polar surface area (TPSA) is 50.4 Å². The molecule has 1 heterocycles. The Labute approximate surface area is 111 Å². The molecule has 1 unspecified atom stereocenters. The van der Waals surface area contributed by atoms with E-state index in [0.717, 1.165) is 25.9 Å². The standard InChI is InChI=1S/C14H28N2O2/c1-4-18-10-13(11(2)3)16-14(17)9-12-5-7-15-8-6-12/h11-13,15H,4-10H2,1-3H3,(H,16,17). The molecule has 0 radical (unpaired) electrons. The first-order valence-electron chi connectivity index (χ1n) is 7.21. The molecule has 1 saturated heterocycles. The maximum Gasteiger partial charge on any atom is 0.220 e. The number of rotatable bonds is 7. The van der Waals surface area contributed by atoms with E-state index in [1.54, 1.807) is 0 Å². The summed E-state index contributed by atoms with van der Waals surface area (Å²) in [7, 11) is 0. The maximum absolute atomic E-state index is 12.0. The molecule has 4 heteroatoms. The highest BCUT2D eigenvalue weighted by molar-refractivity contribution is 5.76. The minimum Gasteiger partial charge on any atom is -0.380 e. The molecular weight excluding hydrogens is 228 g/mol. The number of carbonyl (C=O) groups excluding carboxylic acids is 1. The average molecular weight is 256 g/mol. The fourth-order valence-corrected chi connectivity index (χ4v) is 2.26. The summed E-state index contributed by atoms with van der Waals surface area (Å²) in [6, 6.07) is 0.138. The molecule has 0 spiro atoms. The lowest BCUT2D eigenvalue weighted by Crippen LogP contribution is -2.43. The predicted octanol–water partition coefficient (Wildman–Crippen LogP) is 1.55. The van der Waals surface area contributed by atoms with Gasteiger partial charge in [-0.3, -0.25) is 4.79 Å². The van der Waals surface area contributed by atoms with Crippen LogP contribution in [0.4, 0.5) is 0 Å². The van der Waals surface area contributed by atoms with Crippen molar-refractivity contribution in [3.8, 4) is 0 Å².